The number of nitrogens with zero attached hydrogens (tertiary/aromatic N) is 4. The highest BCUT2D eigenvalue weighted by atomic mass is 32.1. The summed E-state index contributed by atoms with van der Waals surface area (Å²) in [5.74, 6) is -0.265. The summed E-state index contributed by atoms with van der Waals surface area (Å²) in [6.07, 6.45) is 7.11. The van der Waals surface area contributed by atoms with Gasteiger partial charge in [0, 0.05) is 42.0 Å². The zero-order valence-electron chi connectivity index (χ0n) is 21.9. The average Bonchev–Trinajstić information content (AvgIpc) is 3.39. The Bertz CT molecular complexity index is 1680. The fourth-order valence-electron chi connectivity index (χ4n) is 5.73. The first-order valence-corrected chi connectivity index (χ1v) is 13.6. The number of aliphatic hydroxyl groups excluding tert-OH is 1. The number of rotatable bonds is 5. The van der Waals surface area contributed by atoms with Gasteiger partial charge in [0.2, 0.25) is 0 Å². The van der Waals surface area contributed by atoms with Crippen molar-refractivity contribution in [3.8, 4) is 11.1 Å². The molecule has 0 radical (unpaired) electrons. The van der Waals surface area contributed by atoms with E-state index in [1.807, 2.05) is 0 Å². The van der Waals surface area contributed by atoms with E-state index in [2.05, 4.69) is 29.1 Å². The Labute approximate surface area is 228 Å². The highest BCUT2D eigenvalue weighted by molar-refractivity contribution is 7.14. The predicted molar refractivity (Wildman–Crippen MR) is 149 cm³/mol. The number of hydrogen-bond donors (Lipinski definition) is 2. The van der Waals surface area contributed by atoms with E-state index in [0.717, 1.165) is 23.3 Å². The first-order chi connectivity index (χ1) is 18.6. The monoisotopic (exact) mass is 545 g/mol. The maximum Gasteiger partial charge on any atom is 0.274 e. The van der Waals surface area contributed by atoms with Crippen LogP contribution in [0, 0.1) is 11.2 Å². The number of fused-ring (bicyclic) bond motifs is 3. The molecule has 1 amide bonds. The van der Waals surface area contributed by atoms with Crippen LogP contribution in [0.2, 0.25) is 0 Å². The second kappa shape index (κ2) is 9.39. The summed E-state index contributed by atoms with van der Waals surface area (Å²) < 4.78 is 16.5. The van der Waals surface area contributed by atoms with Crippen molar-refractivity contribution in [3.63, 3.8) is 0 Å². The van der Waals surface area contributed by atoms with Gasteiger partial charge in [-0.1, -0.05) is 13.8 Å². The van der Waals surface area contributed by atoms with Gasteiger partial charge in [0.05, 0.1) is 17.2 Å². The fraction of sp³-hybridized carbons (Fsp3) is 0.310. The van der Waals surface area contributed by atoms with Crippen molar-refractivity contribution in [3.05, 3.63) is 85.6 Å². The molecule has 200 valence electrons. The number of benzene rings is 1. The van der Waals surface area contributed by atoms with Crippen molar-refractivity contribution in [2.75, 3.05) is 16.8 Å². The first kappa shape index (κ1) is 25.4. The van der Waals surface area contributed by atoms with Crippen LogP contribution in [0.1, 0.15) is 45.1 Å². The lowest BCUT2D eigenvalue weighted by Gasteiger charge is -2.30. The van der Waals surface area contributed by atoms with Gasteiger partial charge in [0.25, 0.3) is 11.5 Å². The van der Waals surface area contributed by atoms with Crippen LogP contribution in [0.15, 0.2) is 47.8 Å². The molecule has 0 saturated carbocycles. The van der Waals surface area contributed by atoms with Gasteiger partial charge in [-0.2, -0.15) is 0 Å². The maximum atomic E-state index is 15.1. The topological polar surface area (TPSA) is 100 Å². The third-order valence-corrected chi connectivity index (χ3v) is 8.76. The van der Waals surface area contributed by atoms with E-state index in [0.29, 0.717) is 41.2 Å². The smallest absolute Gasteiger partial charge is 0.274 e. The van der Waals surface area contributed by atoms with Gasteiger partial charge in [-0.3, -0.25) is 9.59 Å². The Balaban J connectivity index is 1.41. The molecule has 2 aliphatic rings. The molecule has 10 heteroatoms. The molecule has 0 fully saturated rings. The maximum absolute atomic E-state index is 15.1. The van der Waals surface area contributed by atoms with Crippen molar-refractivity contribution >= 4 is 34.4 Å². The van der Waals surface area contributed by atoms with Crippen LogP contribution in [0.4, 0.5) is 21.6 Å². The number of thiophene rings is 1. The van der Waals surface area contributed by atoms with Crippen molar-refractivity contribution in [2.45, 2.75) is 39.7 Å². The number of aryl methyl sites for hydroxylation is 1. The molecular weight excluding hydrogens is 517 g/mol. The summed E-state index contributed by atoms with van der Waals surface area (Å²) >= 11 is 1.55. The molecule has 0 unspecified atom stereocenters. The van der Waals surface area contributed by atoms with E-state index in [-0.39, 0.29) is 22.6 Å². The molecule has 0 spiro atoms. The van der Waals surface area contributed by atoms with Crippen LogP contribution >= 0.6 is 11.3 Å². The van der Waals surface area contributed by atoms with Crippen molar-refractivity contribution in [2.24, 2.45) is 12.5 Å². The summed E-state index contributed by atoms with van der Waals surface area (Å²) in [6, 6.07) is 5.86. The molecule has 8 nitrogen and oxygen atoms in total. The van der Waals surface area contributed by atoms with E-state index >= 15 is 4.39 Å². The molecule has 0 saturated heterocycles. The van der Waals surface area contributed by atoms with Gasteiger partial charge in [-0.15, -0.1) is 11.3 Å². The third kappa shape index (κ3) is 4.43. The summed E-state index contributed by atoms with van der Waals surface area (Å²) in [5.41, 5.74) is 4.26. The van der Waals surface area contributed by atoms with E-state index in [4.69, 9.17) is 0 Å². The first-order valence-electron chi connectivity index (χ1n) is 12.8. The number of carbonyl (C=O) groups is 1. The largest absolute Gasteiger partial charge is 0.392 e. The summed E-state index contributed by atoms with van der Waals surface area (Å²) in [6.45, 7) is 4.49. The molecular formula is C29H28FN5O3S. The van der Waals surface area contributed by atoms with Gasteiger partial charge in [0.1, 0.15) is 23.6 Å². The van der Waals surface area contributed by atoms with Gasteiger partial charge < -0.3 is 19.9 Å². The number of carbonyl (C=O) groups excluding carboxylic acids is 1. The minimum absolute atomic E-state index is 0.161. The minimum atomic E-state index is -0.537. The average molecular weight is 546 g/mol. The fourth-order valence-corrected chi connectivity index (χ4v) is 7.30. The van der Waals surface area contributed by atoms with Crippen LogP contribution < -0.4 is 15.8 Å². The number of aliphatic hydroxyl groups is 1. The van der Waals surface area contributed by atoms with E-state index < -0.39 is 12.4 Å². The molecule has 39 heavy (non-hydrogen) atoms. The molecule has 4 aromatic rings. The number of nitrogens with one attached hydrogen (secondary N) is 1. The second-order valence-electron chi connectivity index (χ2n) is 10.9. The Morgan fingerprint density at radius 1 is 1.18 bits per heavy atom. The lowest BCUT2D eigenvalue weighted by atomic mass is 9.89. The molecule has 0 bridgehead atoms. The number of hydrogen-bond acceptors (Lipinski definition) is 7. The van der Waals surface area contributed by atoms with E-state index in [1.165, 1.54) is 33.5 Å². The van der Waals surface area contributed by atoms with E-state index in [9.17, 15) is 14.7 Å². The molecule has 1 aromatic carbocycles. The standard InChI is InChI=1S/C29H28FN5O3S/c1-29(2)11-20-18-5-7-35(28(38)26(18)39-24(20)12-29)23-10-17(30)9-19(21(23)14-36)16-8-22(27(37)34(3)13-16)33-25-4-6-31-15-32-25/h4,6,8-10,13,15,36H,5,7,11-12,14H2,1-3H3,(H,31,32,33). The number of halogens is 1. The summed E-state index contributed by atoms with van der Waals surface area (Å²) in [4.78, 5) is 38.1. The number of anilines is 3. The van der Waals surface area contributed by atoms with E-state index in [1.54, 1.807) is 47.8 Å². The van der Waals surface area contributed by atoms with Gasteiger partial charge >= 0.3 is 0 Å². The van der Waals surface area contributed by atoms with Crippen LogP contribution in [-0.4, -0.2) is 32.1 Å². The summed E-state index contributed by atoms with van der Waals surface area (Å²) in [5, 5.41) is 13.5. The van der Waals surface area contributed by atoms with Crippen molar-refractivity contribution in [1.82, 2.24) is 14.5 Å². The minimum Gasteiger partial charge on any atom is -0.392 e. The molecule has 1 aliphatic heterocycles. The Hall–Kier alpha value is -3.89. The lowest BCUT2D eigenvalue weighted by molar-refractivity contribution is 0.0984. The predicted octanol–water partition coefficient (Wildman–Crippen LogP) is 4.61. The van der Waals surface area contributed by atoms with Crippen LogP contribution in [0.3, 0.4) is 0 Å². The Morgan fingerprint density at radius 2 is 2.00 bits per heavy atom. The van der Waals surface area contributed by atoms with Crippen molar-refractivity contribution in [1.29, 1.82) is 0 Å². The highest BCUT2D eigenvalue weighted by Gasteiger charge is 2.38. The van der Waals surface area contributed by atoms with Gasteiger partial charge in [-0.25, -0.2) is 14.4 Å². The molecule has 6 rings (SSSR count). The zero-order chi connectivity index (χ0) is 27.5. The zero-order valence-corrected chi connectivity index (χ0v) is 22.7. The molecule has 1 aliphatic carbocycles. The van der Waals surface area contributed by atoms with Gasteiger partial charge in [-0.05, 0) is 65.6 Å². The highest BCUT2D eigenvalue weighted by Crippen LogP contribution is 2.46. The number of amides is 1. The third-order valence-electron chi connectivity index (χ3n) is 7.50. The second-order valence-corrected chi connectivity index (χ2v) is 12.0. The van der Waals surface area contributed by atoms with Crippen LogP contribution in [-0.2, 0) is 32.9 Å². The number of aromatic nitrogens is 3. The number of pyridine rings is 1. The van der Waals surface area contributed by atoms with Gasteiger partial charge in [0.15, 0.2) is 0 Å². The lowest BCUT2D eigenvalue weighted by Crippen LogP contribution is -2.38. The Kier molecular flexibility index (Phi) is 6.11. The SMILES string of the molecule is Cn1cc(-c2cc(F)cc(N3CCc4c(sc5c4CC(C)(C)C5)C3=O)c2CO)cc(Nc2ccncn2)c1=O. The Morgan fingerprint density at radius 3 is 2.74 bits per heavy atom. The molecule has 2 N–H and O–H groups in total. The van der Waals surface area contributed by atoms with Crippen molar-refractivity contribution < 1.29 is 14.3 Å². The molecule has 0 atom stereocenters. The van der Waals surface area contributed by atoms with Crippen LogP contribution in [0.5, 0.6) is 0 Å². The quantitative estimate of drug-likeness (QED) is 0.380. The molecule has 3 aromatic heterocycles. The molecule has 4 heterocycles. The summed E-state index contributed by atoms with van der Waals surface area (Å²) in [7, 11) is 1.60. The van der Waals surface area contributed by atoms with Crippen LogP contribution in [0.25, 0.3) is 11.1 Å². The normalized spacial score (nSPS) is 15.8.